The average molecular weight is 786 g/mol. The fourth-order valence-corrected chi connectivity index (χ4v) is 11.6. The van der Waals surface area contributed by atoms with Crippen LogP contribution in [-0.2, 0) is 38.1 Å². The Labute approximate surface area is 314 Å². The number of carboxylic acid groups (broad SMARTS) is 1. The summed E-state index contributed by atoms with van der Waals surface area (Å²) in [5.41, 5.74) is 4.78. The van der Waals surface area contributed by atoms with Gasteiger partial charge in [-0.15, -0.1) is 0 Å². The number of carbonyl (C=O) groups excluding carboxylic acids is 1. The largest absolute Gasteiger partial charge is 0.478 e. The summed E-state index contributed by atoms with van der Waals surface area (Å²) in [7, 11) is -8.02. The number of carbonyl (C=O) groups is 2. The number of benzene rings is 4. The topological polar surface area (TPSA) is 179 Å². The van der Waals surface area contributed by atoms with Crippen molar-refractivity contribution in [2.45, 2.75) is 36.0 Å². The molecule has 0 bridgehead atoms. The average Bonchev–Trinajstić information content (AvgIpc) is 3.11. The molecule has 4 aromatic rings. The van der Waals surface area contributed by atoms with Crippen LogP contribution in [-0.4, -0.2) is 75.9 Å². The van der Waals surface area contributed by atoms with E-state index in [-0.39, 0.29) is 40.7 Å². The second kappa shape index (κ2) is 14.4. The number of hydrogen-bond donors (Lipinski definition) is 3. The van der Waals surface area contributed by atoms with Gasteiger partial charge in [0.1, 0.15) is 25.8 Å². The van der Waals surface area contributed by atoms with Gasteiger partial charge < -0.3 is 14.7 Å². The van der Waals surface area contributed by atoms with Gasteiger partial charge in [-0.3, -0.25) is 13.9 Å². The Kier molecular flexibility index (Phi) is 10.2. The van der Waals surface area contributed by atoms with Crippen LogP contribution in [0.25, 0.3) is 5.57 Å². The van der Waals surface area contributed by atoms with E-state index < -0.39 is 34.3 Å². The minimum Gasteiger partial charge on any atom is -0.478 e. The molecule has 0 radical (unpaired) electrons. The van der Waals surface area contributed by atoms with E-state index in [1.807, 2.05) is 45.9 Å². The first-order valence-corrected chi connectivity index (χ1v) is 22.5. The lowest BCUT2D eigenvalue weighted by molar-refractivity contribution is -0.512. The van der Waals surface area contributed by atoms with E-state index in [1.165, 1.54) is 42.5 Å². The zero-order valence-corrected chi connectivity index (χ0v) is 32.3. The smallest absolute Gasteiger partial charge is 0.336 e. The number of nitrogens with zero attached hydrogens (tertiary/aromatic N) is 2. The minimum atomic E-state index is -4.47. The molecule has 2 aliphatic rings. The zero-order chi connectivity index (χ0) is 39.2. The van der Waals surface area contributed by atoms with Crippen molar-refractivity contribution in [2.75, 3.05) is 19.0 Å². The van der Waals surface area contributed by atoms with Crippen LogP contribution < -0.4 is 14.8 Å². The Morgan fingerprint density at radius 3 is 2.11 bits per heavy atom. The molecule has 6 rings (SSSR count). The lowest BCUT2D eigenvalue weighted by Crippen LogP contribution is -2.50. The number of anilines is 1. The van der Waals surface area contributed by atoms with Crippen molar-refractivity contribution in [3.8, 4) is 5.75 Å². The maximum Gasteiger partial charge on any atom is 0.336 e. The Bertz CT molecular complexity index is 2590. The molecule has 0 saturated heterocycles. The highest BCUT2D eigenvalue weighted by Crippen LogP contribution is 2.43. The minimum absolute atomic E-state index is 0.00690. The molecule has 3 N–H and O–H groups in total. The molecule has 0 saturated carbocycles. The van der Waals surface area contributed by atoms with Crippen molar-refractivity contribution in [3.63, 3.8) is 0 Å². The van der Waals surface area contributed by atoms with E-state index >= 15 is 0 Å². The normalized spacial score (nSPS) is 15.9. The van der Waals surface area contributed by atoms with E-state index in [0.29, 0.717) is 22.3 Å². The van der Waals surface area contributed by atoms with Crippen molar-refractivity contribution in [1.82, 2.24) is 0 Å². The highest BCUT2D eigenvalue weighted by atomic mass is 32.2. The number of rotatable bonds is 11. The molecule has 0 amide bonds. The quantitative estimate of drug-likeness (QED) is 0.0798. The van der Waals surface area contributed by atoms with Gasteiger partial charge in [-0.2, -0.15) is 16.8 Å². The lowest BCUT2D eigenvalue weighted by Gasteiger charge is -2.38. The Balaban J connectivity index is 1.56. The molecule has 4 aromatic carbocycles. The molecule has 1 heterocycles. The molecular formula is C39H37N2O10S2Si+. The molecule has 1 aliphatic heterocycles. The van der Waals surface area contributed by atoms with Crippen LogP contribution in [0.3, 0.4) is 0 Å². The maximum absolute atomic E-state index is 12.7. The zero-order valence-electron chi connectivity index (χ0n) is 29.7. The van der Waals surface area contributed by atoms with E-state index in [4.69, 9.17) is 4.74 Å². The van der Waals surface area contributed by atoms with Crippen molar-refractivity contribution in [3.05, 3.63) is 142 Å². The molecule has 278 valence electrons. The first-order valence-electron chi connectivity index (χ1n) is 16.6. The Morgan fingerprint density at radius 1 is 0.852 bits per heavy atom. The summed E-state index contributed by atoms with van der Waals surface area (Å²) in [4.78, 5) is 25.5. The van der Waals surface area contributed by atoms with Crippen molar-refractivity contribution in [2.24, 2.45) is 0 Å². The van der Waals surface area contributed by atoms with E-state index in [2.05, 4.69) is 13.1 Å². The molecule has 0 atom stereocenters. The number of fused-ring (bicyclic) bond motifs is 2. The SMILES string of the molecule is CN(Cc1ccccc1S(=O)(=O)O)c1ccc2c(c1)[Si](C)(C)C1=CC(=[N+](C)Cc3ccccc3S(=O)(=O)O)C=CC1=C2c1cc(OC=O)ccc1C(=O)O. The third-order valence-electron chi connectivity index (χ3n) is 9.76. The van der Waals surface area contributed by atoms with Gasteiger partial charge in [0.25, 0.3) is 26.7 Å². The molecule has 0 aromatic heterocycles. The number of aromatic carboxylic acids is 1. The van der Waals surface area contributed by atoms with Crippen molar-refractivity contribution < 1.29 is 49.9 Å². The van der Waals surface area contributed by atoms with Crippen LogP contribution in [0.4, 0.5) is 5.69 Å². The molecule has 0 unspecified atom stereocenters. The summed E-state index contributed by atoms with van der Waals surface area (Å²) in [6.07, 6.45) is 5.80. The van der Waals surface area contributed by atoms with Crippen molar-refractivity contribution in [1.29, 1.82) is 0 Å². The summed E-state index contributed by atoms with van der Waals surface area (Å²) in [6.45, 7) is 4.91. The van der Waals surface area contributed by atoms with Gasteiger partial charge in [0, 0.05) is 42.6 Å². The Hall–Kier alpha value is -5.45. The second-order valence-electron chi connectivity index (χ2n) is 13.6. The van der Waals surface area contributed by atoms with E-state index in [1.54, 1.807) is 38.4 Å². The Morgan fingerprint density at radius 2 is 1.48 bits per heavy atom. The third kappa shape index (κ3) is 7.36. The van der Waals surface area contributed by atoms with Gasteiger partial charge in [0.05, 0.1) is 10.5 Å². The highest BCUT2D eigenvalue weighted by molar-refractivity contribution is 7.86. The summed E-state index contributed by atoms with van der Waals surface area (Å²) in [5.74, 6) is -1.02. The van der Waals surface area contributed by atoms with E-state index in [0.717, 1.165) is 32.9 Å². The van der Waals surface area contributed by atoms with Crippen LogP contribution in [0, 0.1) is 0 Å². The standard InChI is InChI=1S/C39H36N2O10S2Si/c1-40(22-25-9-5-7-11-34(25)52(45,46)47)27-13-16-31-36(19-27)54(3,4)37-20-28(41(2)23-26-10-6-8-12-35(26)53(48,49)50)14-17-32(37)38(31)33-21-29(51-24-42)15-18-30(33)39(43)44/h5-21,24H,22-23H2,1-4H3,(H2-,43,44,45,46,47,48,49,50)/p+1. The van der Waals surface area contributed by atoms with Crippen LogP contribution in [0.5, 0.6) is 5.75 Å². The fourth-order valence-electron chi connectivity index (χ4n) is 7.10. The number of ether oxygens (including phenoxy) is 1. The lowest BCUT2D eigenvalue weighted by atomic mass is 9.87. The van der Waals surface area contributed by atoms with Gasteiger partial charge in [-0.05, 0) is 81.2 Å². The molecule has 54 heavy (non-hydrogen) atoms. The van der Waals surface area contributed by atoms with Crippen LogP contribution >= 0.6 is 0 Å². The van der Waals surface area contributed by atoms with Crippen LogP contribution in [0.2, 0.25) is 13.1 Å². The second-order valence-corrected chi connectivity index (χ2v) is 20.7. The van der Waals surface area contributed by atoms with Gasteiger partial charge in [0.15, 0.2) is 12.3 Å². The predicted octanol–water partition coefficient (Wildman–Crippen LogP) is 5.10. The number of hydrogen-bond acceptors (Lipinski definition) is 8. The first-order chi connectivity index (χ1) is 25.4. The summed E-state index contributed by atoms with van der Waals surface area (Å²) >= 11 is 0. The summed E-state index contributed by atoms with van der Waals surface area (Å²) < 4.78 is 75.3. The van der Waals surface area contributed by atoms with Gasteiger partial charge in [0.2, 0.25) is 0 Å². The summed E-state index contributed by atoms with van der Waals surface area (Å²) in [5, 5.41) is 12.2. The number of allylic oxidation sites excluding steroid dienone is 5. The molecule has 12 nitrogen and oxygen atoms in total. The highest BCUT2D eigenvalue weighted by Gasteiger charge is 2.41. The molecule has 0 spiro atoms. The molecule has 15 heteroatoms. The van der Waals surface area contributed by atoms with Gasteiger partial charge >= 0.3 is 5.97 Å². The summed E-state index contributed by atoms with van der Waals surface area (Å²) in [6, 6.07) is 22.5. The van der Waals surface area contributed by atoms with Crippen molar-refractivity contribution >= 4 is 62.9 Å². The maximum atomic E-state index is 12.7. The first kappa shape index (κ1) is 38.3. The third-order valence-corrected chi connectivity index (χ3v) is 15.2. The van der Waals surface area contributed by atoms with Gasteiger partial charge in [-0.25, -0.2) is 9.37 Å². The molecule has 0 fully saturated rings. The molecular weight excluding hydrogens is 749 g/mol. The van der Waals surface area contributed by atoms with Crippen LogP contribution in [0.1, 0.15) is 32.6 Å². The fraction of sp³-hybridized carbons (Fsp3) is 0.154. The van der Waals surface area contributed by atoms with Gasteiger partial charge in [-0.1, -0.05) is 55.6 Å². The van der Waals surface area contributed by atoms with Crippen LogP contribution in [0.15, 0.2) is 124 Å². The predicted molar refractivity (Wildman–Crippen MR) is 206 cm³/mol. The monoisotopic (exact) mass is 785 g/mol. The number of carboxylic acids is 1. The molecule has 1 aliphatic carbocycles. The van der Waals surface area contributed by atoms with E-state index in [9.17, 15) is 40.6 Å².